The summed E-state index contributed by atoms with van der Waals surface area (Å²) in [6, 6.07) is 0.276. The molecule has 0 aliphatic rings. The third kappa shape index (κ3) is 6.16. The fourth-order valence-electron chi connectivity index (χ4n) is 1.20. The molecular weight excluding hydrogens is 246 g/mol. The monoisotopic (exact) mass is 263 g/mol. The molecule has 3 nitrogen and oxygen atoms in total. The van der Waals surface area contributed by atoms with Crippen LogP contribution in [0, 0.1) is 5.92 Å². The maximum absolute atomic E-state index is 11.1. The number of methoxy groups -OCH3 is 1. The van der Waals surface area contributed by atoms with Gasteiger partial charge in [0.15, 0.2) is 0 Å². The van der Waals surface area contributed by atoms with E-state index in [1.807, 2.05) is 13.8 Å². The minimum Gasteiger partial charge on any atom is -0.469 e. The van der Waals surface area contributed by atoms with Crippen LogP contribution in [0.2, 0.25) is 0 Å². The number of hydrogen-bond acceptors (Lipinski definition) is 3. The van der Waals surface area contributed by atoms with E-state index in [0.29, 0.717) is 0 Å². The number of carbonyl (C=O) groups is 1. The Bertz CT molecular complexity index is 206. The Kier molecular flexibility index (Phi) is 6.83. The van der Waals surface area contributed by atoms with Crippen molar-refractivity contribution in [3.8, 4) is 0 Å². The summed E-state index contributed by atoms with van der Waals surface area (Å²) < 4.78 is 5.56. The second kappa shape index (κ2) is 7.01. The van der Waals surface area contributed by atoms with Crippen LogP contribution in [0.3, 0.4) is 0 Å². The molecule has 0 saturated heterocycles. The largest absolute Gasteiger partial charge is 0.469 e. The second-order valence-corrected chi connectivity index (χ2v) is 4.58. The topological polar surface area (TPSA) is 38.3 Å². The van der Waals surface area contributed by atoms with Crippen molar-refractivity contribution in [3.05, 3.63) is 11.1 Å². The van der Waals surface area contributed by atoms with Crippen LogP contribution in [-0.4, -0.2) is 25.7 Å². The molecule has 0 aromatic heterocycles. The average Bonchev–Trinajstić information content (AvgIpc) is 2.13. The number of nitrogens with one attached hydrogen (secondary N) is 1. The number of carbonyl (C=O) groups excluding carboxylic acids is 1. The van der Waals surface area contributed by atoms with Crippen molar-refractivity contribution in [2.45, 2.75) is 26.3 Å². The molecule has 0 spiro atoms. The van der Waals surface area contributed by atoms with E-state index < -0.39 is 0 Å². The van der Waals surface area contributed by atoms with Crippen molar-refractivity contribution >= 4 is 21.9 Å². The molecule has 0 radical (unpaired) electrons. The lowest BCUT2D eigenvalue weighted by Crippen LogP contribution is -2.30. The van der Waals surface area contributed by atoms with Gasteiger partial charge in [-0.2, -0.15) is 0 Å². The van der Waals surface area contributed by atoms with Gasteiger partial charge in [-0.3, -0.25) is 4.79 Å². The molecule has 0 heterocycles. The van der Waals surface area contributed by atoms with Gasteiger partial charge in [0.05, 0.1) is 13.0 Å². The van der Waals surface area contributed by atoms with Gasteiger partial charge in [-0.05, 0) is 13.3 Å². The molecule has 82 valence electrons. The summed E-state index contributed by atoms with van der Waals surface area (Å²) in [6.07, 6.45) is 0.771. The Labute approximate surface area is 94.0 Å². The van der Waals surface area contributed by atoms with Crippen LogP contribution in [0.15, 0.2) is 11.1 Å². The molecule has 14 heavy (non-hydrogen) atoms. The Hall–Kier alpha value is -0.350. The van der Waals surface area contributed by atoms with Crippen LogP contribution in [0.1, 0.15) is 20.3 Å². The summed E-state index contributed by atoms with van der Waals surface area (Å²) in [7, 11) is 1.41. The average molecular weight is 264 g/mol. The van der Waals surface area contributed by atoms with Crippen LogP contribution >= 0.6 is 15.9 Å². The van der Waals surface area contributed by atoms with Gasteiger partial charge in [0, 0.05) is 17.1 Å². The molecule has 4 heteroatoms. The molecule has 0 rings (SSSR count). The highest BCUT2D eigenvalue weighted by Gasteiger charge is 2.16. The fraction of sp³-hybridized carbons (Fsp3) is 0.700. The summed E-state index contributed by atoms with van der Waals surface area (Å²) in [6.45, 7) is 8.34. The first-order valence-corrected chi connectivity index (χ1v) is 5.41. The third-order valence-corrected chi connectivity index (χ3v) is 2.23. The minimum atomic E-state index is -0.156. The lowest BCUT2D eigenvalue weighted by atomic mass is 10.0. The Balaban J connectivity index is 3.76. The molecule has 2 unspecified atom stereocenters. The van der Waals surface area contributed by atoms with Crippen molar-refractivity contribution in [2.24, 2.45) is 5.92 Å². The first-order chi connectivity index (χ1) is 6.47. The molecule has 0 bridgehead atoms. The second-order valence-electron chi connectivity index (χ2n) is 3.46. The van der Waals surface area contributed by atoms with Gasteiger partial charge in [0.1, 0.15) is 0 Å². The lowest BCUT2D eigenvalue weighted by molar-refractivity contribution is -0.145. The first-order valence-electron chi connectivity index (χ1n) is 4.61. The van der Waals surface area contributed by atoms with Crippen LogP contribution in [0.25, 0.3) is 0 Å². The van der Waals surface area contributed by atoms with Crippen LogP contribution in [0.5, 0.6) is 0 Å². The van der Waals surface area contributed by atoms with E-state index >= 15 is 0 Å². The van der Waals surface area contributed by atoms with Gasteiger partial charge in [-0.15, -0.1) is 0 Å². The van der Waals surface area contributed by atoms with Crippen LogP contribution in [-0.2, 0) is 9.53 Å². The van der Waals surface area contributed by atoms with Gasteiger partial charge < -0.3 is 10.1 Å². The number of esters is 1. The third-order valence-electron chi connectivity index (χ3n) is 1.95. The Morgan fingerprint density at radius 1 is 1.57 bits per heavy atom. The van der Waals surface area contributed by atoms with E-state index in [-0.39, 0.29) is 17.9 Å². The normalized spacial score (nSPS) is 14.6. The molecule has 0 aromatic carbocycles. The molecule has 2 atom stereocenters. The van der Waals surface area contributed by atoms with Gasteiger partial charge in [-0.1, -0.05) is 29.4 Å². The van der Waals surface area contributed by atoms with E-state index in [4.69, 9.17) is 0 Å². The van der Waals surface area contributed by atoms with Gasteiger partial charge in [-0.25, -0.2) is 0 Å². The maximum Gasteiger partial charge on any atom is 0.308 e. The van der Waals surface area contributed by atoms with E-state index in [1.54, 1.807) is 0 Å². The molecule has 0 aromatic rings. The van der Waals surface area contributed by atoms with Gasteiger partial charge in [0.25, 0.3) is 0 Å². The summed E-state index contributed by atoms with van der Waals surface area (Å²) >= 11 is 3.26. The summed E-state index contributed by atoms with van der Waals surface area (Å²) in [5.74, 6) is -0.220. The Morgan fingerprint density at radius 3 is 2.57 bits per heavy atom. The smallest absolute Gasteiger partial charge is 0.308 e. The van der Waals surface area contributed by atoms with Crippen molar-refractivity contribution in [1.29, 1.82) is 0 Å². The predicted molar refractivity (Wildman–Crippen MR) is 61.3 cm³/mol. The Morgan fingerprint density at radius 2 is 2.14 bits per heavy atom. The zero-order chi connectivity index (χ0) is 11.1. The van der Waals surface area contributed by atoms with E-state index in [9.17, 15) is 4.79 Å². The summed E-state index contributed by atoms with van der Waals surface area (Å²) in [5.41, 5.74) is 0. The number of rotatable bonds is 6. The minimum absolute atomic E-state index is 0.0638. The molecule has 0 saturated carbocycles. The zero-order valence-corrected chi connectivity index (χ0v) is 10.6. The van der Waals surface area contributed by atoms with E-state index in [0.717, 1.165) is 17.4 Å². The van der Waals surface area contributed by atoms with E-state index in [2.05, 4.69) is 32.6 Å². The molecule has 0 aliphatic heterocycles. The number of ether oxygens (including phenoxy) is 1. The van der Waals surface area contributed by atoms with Crippen LogP contribution in [0.4, 0.5) is 0 Å². The van der Waals surface area contributed by atoms with Crippen molar-refractivity contribution in [1.82, 2.24) is 5.32 Å². The molecule has 0 aliphatic carbocycles. The highest BCUT2D eigenvalue weighted by Crippen LogP contribution is 2.08. The van der Waals surface area contributed by atoms with Crippen molar-refractivity contribution in [2.75, 3.05) is 13.7 Å². The maximum atomic E-state index is 11.1. The number of halogens is 1. The summed E-state index contributed by atoms with van der Waals surface area (Å²) in [5, 5.41) is 3.24. The predicted octanol–water partition coefficient (Wildman–Crippen LogP) is 2.07. The van der Waals surface area contributed by atoms with E-state index in [1.165, 1.54) is 7.11 Å². The standard InChI is InChI=1S/C10H18BrNO2/c1-7(10(13)14-4)5-9(3)12-6-8(2)11/h7,9,12H,2,5-6H2,1,3-4H3. The van der Waals surface area contributed by atoms with Gasteiger partial charge in [0.2, 0.25) is 0 Å². The first kappa shape index (κ1) is 13.7. The SMILES string of the molecule is C=C(Br)CNC(C)CC(C)C(=O)OC. The summed E-state index contributed by atoms with van der Waals surface area (Å²) in [4.78, 5) is 11.1. The zero-order valence-electron chi connectivity index (χ0n) is 8.97. The van der Waals surface area contributed by atoms with Crippen molar-refractivity contribution < 1.29 is 9.53 Å². The van der Waals surface area contributed by atoms with Crippen LogP contribution < -0.4 is 5.32 Å². The molecule has 0 amide bonds. The number of hydrogen-bond donors (Lipinski definition) is 1. The molecule has 1 N–H and O–H groups in total. The quantitative estimate of drug-likeness (QED) is 0.746. The van der Waals surface area contributed by atoms with Gasteiger partial charge >= 0.3 is 5.97 Å². The highest BCUT2D eigenvalue weighted by atomic mass is 79.9. The molecular formula is C10H18BrNO2. The van der Waals surface area contributed by atoms with Crippen molar-refractivity contribution in [3.63, 3.8) is 0 Å². The lowest BCUT2D eigenvalue weighted by Gasteiger charge is -2.16. The highest BCUT2D eigenvalue weighted by molar-refractivity contribution is 9.11. The molecule has 0 fully saturated rings. The fourth-order valence-corrected chi connectivity index (χ4v) is 1.36.